The molecule has 1 aromatic heterocycles. The second-order valence-corrected chi connectivity index (χ2v) is 6.48. The second kappa shape index (κ2) is 7.40. The highest BCUT2D eigenvalue weighted by molar-refractivity contribution is 7.11. The average molecular weight is 342 g/mol. The van der Waals surface area contributed by atoms with Gasteiger partial charge >= 0.3 is 5.97 Å². The minimum absolute atomic E-state index is 0.0309. The van der Waals surface area contributed by atoms with Crippen LogP contribution in [0.3, 0.4) is 0 Å². The smallest absolute Gasteiger partial charge is 0.348 e. The number of methoxy groups -OCH3 is 1. The van der Waals surface area contributed by atoms with E-state index < -0.39 is 5.97 Å². The van der Waals surface area contributed by atoms with Crippen LogP contribution in [-0.4, -0.2) is 17.6 Å². The number of carbonyl (C=O) groups excluding carboxylic acids is 1. The van der Waals surface area contributed by atoms with Crippen molar-refractivity contribution in [2.24, 2.45) is 4.99 Å². The molecule has 2 aromatic rings. The Hall–Kier alpha value is -2.47. The molecule has 24 heavy (non-hydrogen) atoms. The van der Waals surface area contributed by atoms with E-state index in [2.05, 4.69) is 11.1 Å². The number of nitrogens with zero attached hydrogens (tertiary/aromatic N) is 2. The highest BCUT2D eigenvalue weighted by Crippen LogP contribution is 2.20. The molecule has 1 aliphatic carbocycles. The van der Waals surface area contributed by atoms with Crippen LogP contribution in [0, 0.1) is 0 Å². The van der Waals surface area contributed by atoms with E-state index in [-0.39, 0.29) is 16.5 Å². The molecule has 0 radical (unpaired) electrons. The maximum Gasteiger partial charge on any atom is 0.348 e. The normalized spacial score (nSPS) is 17.7. The van der Waals surface area contributed by atoms with E-state index in [4.69, 9.17) is 4.74 Å². The summed E-state index contributed by atoms with van der Waals surface area (Å²) >= 11 is 1.17. The Kier molecular flexibility index (Phi) is 5.05. The van der Waals surface area contributed by atoms with E-state index in [1.807, 2.05) is 36.4 Å². The summed E-state index contributed by atoms with van der Waals surface area (Å²) in [6, 6.07) is 10.7. The number of ether oxygens (including phenoxy) is 1. The van der Waals surface area contributed by atoms with E-state index in [1.165, 1.54) is 24.5 Å². The van der Waals surface area contributed by atoms with Crippen molar-refractivity contribution in [3.8, 4) is 0 Å². The predicted octanol–water partition coefficient (Wildman–Crippen LogP) is 3.21. The molecule has 0 aliphatic heterocycles. The lowest BCUT2D eigenvalue weighted by Gasteiger charge is -2.19. The van der Waals surface area contributed by atoms with Crippen molar-refractivity contribution < 1.29 is 9.53 Å². The molecule has 6 heteroatoms. The zero-order valence-electron chi connectivity index (χ0n) is 13.3. The number of hydrogen-bond donors (Lipinski definition) is 0. The molecule has 1 heterocycles. The summed E-state index contributed by atoms with van der Waals surface area (Å²) in [5, 5.41) is 0. The number of esters is 1. The van der Waals surface area contributed by atoms with Crippen LogP contribution in [0.2, 0.25) is 0 Å². The van der Waals surface area contributed by atoms with Gasteiger partial charge in [0.15, 0.2) is 4.80 Å². The molecule has 0 spiro atoms. The van der Waals surface area contributed by atoms with Crippen LogP contribution in [0.25, 0.3) is 0 Å². The summed E-state index contributed by atoms with van der Waals surface area (Å²) in [7, 11) is 1.30. The quantitative estimate of drug-likeness (QED) is 0.636. The molecule has 1 unspecified atom stereocenters. The number of benzene rings is 1. The van der Waals surface area contributed by atoms with Gasteiger partial charge in [0.2, 0.25) is 0 Å². The third kappa shape index (κ3) is 3.54. The molecule has 0 fully saturated rings. The number of hydrogen-bond acceptors (Lipinski definition) is 5. The van der Waals surface area contributed by atoms with Gasteiger partial charge in [-0.1, -0.05) is 41.7 Å². The summed E-state index contributed by atoms with van der Waals surface area (Å²) in [6.45, 7) is 0. The van der Waals surface area contributed by atoms with Crippen LogP contribution in [0.4, 0.5) is 5.69 Å². The Labute approximate surface area is 143 Å². The SMILES string of the molecule is COC(=O)c1cc(=O)n(C2C=CCCC2)c(=Nc2ccccc2)s1. The van der Waals surface area contributed by atoms with E-state index in [1.54, 1.807) is 4.57 Å². The molecule has 0 amide bonds. The lowest BCUT2D eigenvalue weighted by molar-refractivity contribution is 0.0605. The molecule has 1 aliphatic rings. The predicted molar refractivity (Wildman–Crippen MR) is 93.6 cm³/mol. The van der Waals surface area contributed by atoms with Gasteiger partial charge in [-0.3, -0.25) is 9.36 Å². The number of carbonyl (C=O) groups is 1. The van der Waals surface area contributed by atoms with Crippen LogP contribution >= 0.6 is 11.3 Å². The molecular weight excluding hydrogens is 324 g/mol. The van der Waals surface area contributed by atoms with E-state index >= 15 is 0 Å². The number of rotatable bonds is 3. The summed E-state index contributed by atoms with van der Waals surface area (Å²) < 4.78 is 6.42. The summed E-state index contributed by atoms with van der Waals surface area (Å²) in [4.78, 5) is 29.8. The minimum Gasteiger partial charge on any atom is -0.465 e. The first-order chi connectivity index (χ1) is 11.7. The van der Waals surface area contributed by atoms with Gasteiger partial charge in [-0.05, 0) is 31.4 Å². The van der Waals surface area contributed by atoms with Crippen molar-refractivity contribution in [3.05, 3.63) is 68.6 Å². The molecule has 1 atom stereocenters. The Morgan fingerprint density at radius 2 is 2.12 bits per heavy atom. The number of aromatic nitrogens is 1. The molecule has 3 rings (SSSR count). The summed E-state index contributed by atoms with van der Waals surface area (Å²) in [5.74, 6) is -0.520. The fourth-order valence-corrected chi connectivity index (χ4v) is 3.66. The topological polar surface area (TPSA) is 60.7 Å². The Morgan fingerprint density at radius 1 is 1.33 bits per heavy atom. The first kappa shape index (κ1) is 16.4. The monoisotopic (exact) mass is 342 g/mol. The lowest BCUT2D eigenvalue weighted by Crippen LogP contribution is -2.35. The van der Waals surface area contributed by atoms with Crippen LogP contribution in [-0.2, 0) is 4.74 Å². The fourth-order valence-electron chi connectivity index (χ4n) is 2.66. The Bertz CT molecular complexity index is 881. The van der Waals surface area contributed by atoms with Gasteiger partial charge in [0.1, 0.15) is 4.88 Å². The zero-order valence-corrected chi connectivity index (χ0v) is 14.2. The van der Waals surface area contributed by atoms with Crippen molar-refractivity contribution in [2.75, 3.05) is 7.11 Å². The van der Waals surface area contributed by atoms with Gasteiger partial charge < -0.3 is 4.74 Å². The van der Waals surface area contributed by atoms with Crippen LogP contribution in [0.15, 0.2) is 58.3 Å². The van der Waals surface area contributed by atoms with Gasteiger partial charge in [0.05, 0.1) is 18.8 Å². The minimum atomic E-state index is -0.520. The van der Waals surface area contributed by atoms with Gasteiger partial charge in [0, 0.05) is 6.07 Å². The standard InChI is InChI=1S/C18H18N2O3S/c1-23-17(22)15-12-16(21)20(14-10-6-3-7-11-14)18(24-15)19-13-8-4-2-5-9-13/h2,4-6,8-10,12,14H,3,7,11H2,1H3. The van der Waals surface area contributed by atoms with E-state index in [0.29, 0.717) is 4.80 Å². The van der Waals surface area contributed by atoms with Crippen molar-refractivity contribution in [3.63, 3.8) is 0 Å². The average Bonchev–Trinajstić information content (AvgIpc) is 2.62. The molecule has 0 saturated heterocycles. The van der Waals surface area contributed by atoms with E-state index in [9.17, 15) is 9.59 Å². The maximum atomic E-state index is 12.6. The van der Waals surface area contributed by atoms with Crippen molar-refractivity contribution in [1.29, 1.82) is 0 Å². The van der Waals surface area contributed by atoms with Gasteiger partial charge in [-0.2, -0.15) is 0 Å². The highest BCUT2D eigenvalue weighted by atomic mass is 32.1. The summed E-state index contributed by atoms with van der Waals surface area (Å²) in [6.07, 6.45) is 7.07. The highest BCUT2D eigenvalue weighted by Gasteiger charge is 2.17. The molecule has 0 bridgehead atoms. The van der Waals surface area contributed by atoms with Gasteiger partial charge in [-0.25, -0.2) is 9.79 Å². The molecular formula is C18H18N2O3S. The second-order valence-electron chi connectivity index (χ2n) is 5.47. The van der Waals surface area contributed by atoms with Gasteiger partial charge in [0.25, 0.3) is 5.56 Å². The number of allylic oxidation sites excluding steroid dienone is 2. The number of para-hydroxylation sites is 1. The van der Waals surface area contributed by atoms with Crippen molar-refractivity contribution >= 4 is 23.0 Å². The first-order valence-electron chi connectivity index (χ1n) is 7.80. The van der Waals surface area contributed by atoms with Crippen LogP contribution in [0.1, 0.15) is 35.0 Å². The first-order valence-corrected chi connectivity index (χ1v) is 8.62. The fraction of sp³-hybridized carbons (Fsp3) is 0.278. The molecule has 124 valence electrons. The third-order valence-corrected chi connectivity index (χ3v) is 4.80. The van der Waals surface area contributed by atoms with Crippen LogP contribution in [0.5, 0.6) is 0 Å². The molecule has 0 N–H and O–H groups in total. The molecule has 5 nitrogen and oxygen atoms in total. The molecule has 1 aromatic carbocycles. The molecule has 0 saturated carbocycles. The van der Waals surface area contributed by atoms with Crippen LogP contribution < -0.4 is 10.4 Å². The maximum absolute atomic E-state index is 12.6. The Balaban J connectivity index is 2.22. The van der Waals surface area contributed by atoms with E-state index in [0.717, 1.165) is 24.9 Å². The van der Waals surface area contributed by atoms with Crippen molar-refractivity contribution in [2.45, 2.75) is 25.3 Å². The van der Waals surface area contributed by atoms with Crippen molar-refractivity contribution in [1.82, 2.24) is 4.57 Å². The lowest BCUT2D eigenvalue weighted by atomic mass is 10.0. The summed E-state index contributed by atoms with van der Waals surface area (Å²) in [5.41, 5.74) is 0.504. The largest absolute Gasteiger partial charge is 0.465 e. The zero-order chi connectivity index (χ0) is 16.9. The third-order valence-electron chi connectivity index (χ3n) is 3.83. The Morgan fingerprint density at radius 3 is 2.79 bits per heavy atom. The van der Waals surface area contributed by atoms with Gasteiger partial charge in [-0.15, -0.1) is 0 Å².